The normalized spacial score (nSPS) is 20.1. The van der Waals surface area contributed by atoms with Crippen molar-refractivity contribution >= 4 is 33.6 Å². The van der Waals surface area contributed by atoms with Crippen LogP contribution in [0.5, 0.6) is 0 Å². The first-order chi connectivity index (χ1) is 12.6. The largest absolute Gasteiger partial charge is 0.439 e. The van der Waals surface area contributed by atoms with E-state index in [1.165, 1.54) is 4.90 Å². The van der Waals surface area contributed by atoms with Gasteiger partial charge < -0.3 is 4.74 Å². The summed E-state index contributed by atoms with van der Waals surface area (Å²) in [5.41, 5.74) is -0.746. The van der Waals surface area contributed by atoms with Gasteiger partial charge in [-0.3, -0.25) is 4.90 Å². The van der Waals surface area contributed by atoms with E-state index in [4.69, 9.17) is 16.3 Å². The fourth-order valence-electron chi connectivity index (χ4n) is 2.83. The highest BCUT2D eigenvalue weighted by atomic mass is 79.9. The molecule has 3 rings (SSSR count). The van der Waals surface area contributed by atoms with Gasteiger partial charge in [-0.15, -0.1) is 0 Å². The molecule has 0 radical (unpaired) electrons. The van der Waals surface area contributed by atoms with Crippen molar-refractivity contribution in [2.75, 3.05) is 0 Å². The van der Waals surface area contributed by atoms with Gasteiger partial charge in [0.1, 0.15) is 17.1 Å². The molecule has 1 aromatic carbocycles. The van der Waals surface area contributed by atoms with Crippen LogP contribution in [0, 0.1) is 5.82 Å². The predicted octanol–water partition coefficient (Wildman–Crippen LogP) is 5.74. The molecule has 0 saturated carbocycles. The maximum Gasteiger partial charge on any atom is 0.416 e. The number of carbonyl (C=O) groups is 1. The number of ether oxygens (including phenoxy) is 1. The van der Waals surface area contributed by atoms with Crippen molar-refractivity contribution in [1.82, 2.24) is 9.88 Å². The van der Waals surface area contributed by atoms with E-state index in [1.807, 2.05) is 0 Å². The van der Waals surface area contributed by atoms with Gasteiger partial charge in [-0.2, -0.15) is 13.2 Å². The fraction of sp³-hybridized carbons (Fsp3) is 0.294. The van der Waals surface area contributed by atoms with Crippen LogP contribution >= 0.6 is 27.5 Å². The van der Waals surface area contributed by atoms with Gasteiger partial charge in [-0.25, -0.2) is 14.2 Å². The van der Waals surface area contributed by atoms with Crippen LogP contribution in [0.15, 0.2) is 34.8 Å². The van der Waals surface area contributed by atoms with Gasteiger partial charge >= 0.3 is 12.3 Å². The number of rotatable bonds is 3. The standard InChI is InChI=1S/C17H12BrClF4N2O2/c1-8-15(9-4-10(17(21,22)23)6-11(20)5-9)27-16(26)25(8)7-13-12(18)2-3-14(19)24-13/h2-6,8,15H,7H2,1H3/t8?,15-/m0/s1. The molecule has 1 fully saturated rings. The predicted molar refractivity (Wildman–Crippen MR) is 92.6 cm³/mol. The molecule has 1 unspecified atom stereocenters. The third kappa shape index (κ3) is 4.19. The maximum atomic E-state index is 13.7. The van der Waals surface area contributed by atoms with Gasteiger partial charge in [0.05, 0.1) is 23.8 Å². The second-order valence-electron chi connectivity index (χ2n) is 6.01. The summed E-state index contributed by atoms with van der Waals surface area (Å²) in [6, 6.07) is 4.70. The Balaban J connectivity index is 1.89. The van der Waals surface area contributed by atoms with E-state index in [2.05, 4.69) is 20.9 Å². The lowest BCUT2D eigenvalue weighted by molar-refractivity contribution is -0.137. The highest BCUT2D eigenvalue weighted by Crippen LogP contribution is 2.37. The molecule has 27 heavy (non-hydrogen) atoms. The van der Waals surface area contributed by atoms with E-state index in [0.717, 1.165) is 12.1 Å². The first-order valence-corrected chi connectivity index (χ1v) is 8.89. The molecule has 0 aliphatic carbocycles. The van der Waals surface area contributed by atoms with Crippen LogP contribution in [-0.2, 0) is 17.5 Å². The summed E-state index contributed by atoms with van der Waals surface area (Å²) in [6.45, 7) is 1.63. The number of cyclic esters (lactones) is 1. The number of hydrogen-bond donors (Lipinski definition) is 0. The number of benzene rings is 1. The summed E-state index contributed by atoms with van der Waals surface area (Å²) < 4.78 is 58.4. The molecule has 1 saturated heterocycles. The minimum absolute atomic E-state index is 0.0269. The minimum atomic E-state index is -4.71. The van der Waals surface area contributed by atoms with Crippen molar-refractivity contribution in [3.63, 3.8) is 0 Å². The zero-order chi connectivity index (χ0) is 19.9. The lowest BCUT2D eigenvalue weighted by atomic mass is 10.0. The highest BCUT2D eigenvalue weighted by Gasteiger charge is 2.41. The topological polar surface area (TPSA) is 42.4 Å². The Morgan fingerprint density at radius 3 is 2.67 bits per heavy atom. The van der Waals surface area contributed by atoms with Gasteiger partial charge in [0.25, 0.3) is 0 Å². The van der Waals surface area contributed by atoms with Crippen molar-refractivity contribution in [2.24, 2.45) is 0 Å². The third-order valence-corrected chi connectivity index (χ3v) is 5.11. The van der Waals surface area contributed by atoms with Crippen molar-refractivity contribution in [3.8, 4) is 0 Å². The second-order valence-corrected chi connectivity index (χ2v) is 7.25. The quantitative estimate of drug-likeness (QED) is 0.427. The van der Waals surface area contributed by atoms with Gasteiger partial charge in [-0.05, 0) is 58.7 Å². The van der Waals surface area contributed by atoms with Gasteiger partial charge in [-0.1, -0.05) is 11.6 Å². The van der Waals surface area contributed by atoms with E-state index in [-0.39, 0.29) is 17.3 Å². The molecule has 0 spiro atoms. The average molecular weight is 468 g/mol. The van der Waals surface area contributed by atoms with Crippen LogP contribution in [0.2, 0.25) is 5.15 Å². The average Bonchev–Trinajstić information content (AvgIpc) is 2.85. The Morgan fingerprint density at radius 1 is 1.30 bits per heavy atom. The molecule has 1 aliphatic heterocycles. The summed E-state index contributed by atoms with van der Waals surface area (Å²) in [5, 5.41) is 0.227. The highest BCUT2D eigenvalue weighted by molar-refractivity contribution is 9.10. The van der Waals surface area contributed by atoms with Crippen LogP contribution in [-0.4, -0.2) is 22.0 Å². The van der Waals surface area contributed by atoms with E-state index in [0.29, 0.717) is 16.2 Å². The lowest BCUT2D eigenvalue weighted by Gasteiger charge is -2.21. The van der Waals surface area contributed by atoms with Crippen molar-refractivity contribution in [3.05, 3.63) is 62.6 Å². The molecule has 1 amide bonds. The van der Waals surface area contributed by atoms with Gasteiger partial charge in [0, 0.05) is 4.47 Å². The molecule has 144 valence electrons. The van der Waals surface area contributed by atoms with E-state index in [9.17, 15) is 22.4 Å². The van der Waals surface area contributed by atoms with Crippen LogP contribution in [0.1, 0.15) is 29.8 Å². The van der Waals surface area contributed by atoms with Crippen molar-refractivity contribution in [2.45, 2.75) is 31.8 Å². The van der Waals surface area contributed by atoms with Gasteiger partial charge in [0.2, 0.25) is 0 Å². The van der Waals surface area contributed by atoms with E-state index >= 15 is 0 Å². The molecule has 1 aromatic heterocycles. The second kappa shape index (κ2) is 7.27. The zero-order valence-corrected chi connectivity index (χ0v) is 16.1. The molecular weight excluding hydrogens is 456 g/mol. The Hall–Kier alpha value is -1.87. The number of nitrogens with zero attached hydrogens (tertiary/aromatic N) is 2. The summed E-state index contributed by atoms with van der Waals surface area (Å²) in [7, 11) is 0. The molecule has 0 N–H and O–H groups in total. The number of amides is 1. The minimum Gasteiger partial charge on any atom is -0.439 e. The number of pyridine rings is 1. The first kappa shape index (κ1) is 19.9. The Kier molecular flexibility index (Phi) is 5.36. The third-order valence-electron chi connectivity index (χ3n) is 4.17. The summed E-state index contributed by atoms with van der Waals surface area (Å²) in [6.07, 6.45) is -6.50. The number of carbonyl (C=O) groups excluding carboxylic acids is 1. The fourth-order valence-corrected chi connectivity index (χ4v) is 3.34. The van der Waals surface area contributed by atoms with Crippen molar-refractivity contribution < 1.29 is 27.1 Å². The van der Waals surface area contributed by atoms with E-state index < -0.39 is 35.8 Å². The molecule has 2 atom stereocenters. The van der Waals surface area contributed by atoms with Gasteiger partial charge in [0.15, 0.2) is 0 Å². The van der Waals surface area contributed by atoms with Crippen LogP contribution in [0.4, 0.5) is 22.4 Å². The monoisotopic (exact) mass is 466 g/mol. The van der Waals surface area contributed by atoms with Crippen LogP contribution < -0.4 is 0 Å². The molecule has 2 heterocycles. The molecule has 4 nitrogen and oxygen atoms in total. The number of aromatic nitrogens is 1. The number of halogens is 6. The molecule has 0 bridgehead atoms. The number of alkyl halides is 3. The Labute approximate surface area is 165 Å². The molecular formula is C17H12BrClF4N2O2. The maximum absolute atomic E-state index is 13.7. The van der Waals surface area contributed by atoms with Crippen LogP contribution in [0.3, 0.4) is 0 Å². The summed E-state index contributed by atoms with van der Waals surface area (Å²) in [4.78, 5) is 17.7. The lowest BCUT2D eigenvalue weighted by Crippen LogP contribution is -2.32. The summed E-state index contributed by atoms with van der Waals surface area (Å²) in [5.74, 6) is -1.05. The van der Waals surface area contributed by atoms with Crippen molar-refractivity contribution in [1.29, 1.82) is 0 Å². The molecule has 2 aromatic rings. The summed E-state index contributed by atoms with van der Waals surface area (Å²) >= 11 is 9.17. The Morgan fingerprint density at radius 2 is 2.00 bits per heavy atom. The smallest absolute Gasteiger partial charge is 0.416 e. The first-order valence-electron chi connectivity index (χ1n) is 7.72. The van der Waals surface area contributed by atoms with E-state index in [1.54, 1.807) is 19.1 Å². The number of hydrogen-bond acceptors (Lipinski definition) is 3. The molecule has 10 heteroatoms. The SMILES string of the molecule is CC1[C@@H](c2cc(F)cc(C(F)(F)F)c2)OC(=O)N1Cc1nc(Cl)ccc1Br. The zero-order valence-electron chi connectivity index (χ0n) is 13.7. The van der Waals surface area contributed by atoms with Crippen LogP contribution in [0.25, 0.3) is 0 Å². The molecule has 1 aliphatic rings. The Bertz CT molecular complexity index is 894.